The van der Waals surface area contributed by atoms with Gasteiger partial charge in [0.15, 0.2) is 11.6 Å². The molecule has 0 aliphatic heterocycles. The van der Waals surface area contributed by atoms with E-state index in [0.717, 1.165) is 43.6 Å². The molecule has 6 heteroatoms. The minimum absolute atomic E-state index is 0.249. The summed E-state index contributed by atoms with van der Waals surface area (Å²) in [5.74, 6) is -0.499. The van der Waals surface area contributed by atoms with Crippen molar-refractivity contribution < 1.29 is 9.59 Å². The summed E-state index contributed by atoms with van der Waals surface area (Å²) in [4.78, 5) is 29.8. The first-order valence-corrected chi connectivity index (χ1v) is 16.8. The Balaban J connectivity index is 1.43. The number of carbonyl (C=O) groups is 2. The third kappa shape index (κ3) is 4.71. The number of ketones is 2. The van der Waals surface area contributed by atoms with Gasteiger partial charge >= 0.3 is 0 Å². The van der Waals surface area contributed by atoms with Gasteiger partial charge in [-0.05, 0) is 84.9 Å². The number of nitriles is 2. The van der Waals surface area contributed by atoms with Gasteiger partial charge in [-0.3, -0.25) is 9.59 Å². The smallest absolute Gasteiger partial charge is 0.195 e. The zero-order valence-electron chi connectivity index (χ0n) is 27.6. The van der Waals surface area contributed by atoms with Crippen molar-refractivity contribution in [2.24, 2.45) is 0 Å². The lowest BCUT2D eigenvalue weighted by molar-refractivity contribution is 0.102. The third-order valence-electron chi connectivity index (χ3n) is 9.80. The van der Waals surface area contributed by atoms with Crippen LogP contribution in [0.5, 0.6) is 0 Å². The molecule has 0 radical (unpaired) electrons. The fourth-order valence-electron chi connectivity index (χ4n) is 7.38. The van der Waals surface area contributed by atoms with E-state index in [9.17, 15) is 20.1 Å². The lowest BCUT2D eigenvalue weighted by Crippen LogP contribution is -2.14. The molecule has 0 fully saturated rings. The number of fused-ring (bicyclic) bond motifs is 6. The number of hydrogen-bond donors (Lipinski definition) is 0. The van der Waals surface area contributed by atoms with Crippen LogP contribution in [0.25, 0.3) is 55.0 Å². The van der Waals surface area contributed by atoms with Crippen LogP contribution >= 0.6 is 0 Å². The maximum absolute atomic E-state index is 14.9. The maximum atomic E-state index is 14.9. The quantitative estimate of drug-likeness (QED) is 0.165. The van der Waals surface area contributed by atoms with E-state index in [-0.39, 0.29) is 11.6 Å². The molecule has 0 bridgehead atoms. The summed E-state index contributed by atoms with van der Waals surface area (Å²) in [6.45, 7) is 0. The van der Waals surface area contributed by atoms with Crippen molar-refractivity contribution in [2.45, 2.75) is 0 Å². The summed E-state index contributed by atoms with van der Waals surface area (Å²) in [5, 5.41) is 23.0. The number of rotatable bonds is 6. The number of aromatic nitrogens is 2. The van der Waals surface area contributed by atoms with Gasteiger partial charge < -0.3 is 9.13 Å². The number of benzene rings is 7. The lowest BCUT2D eigenvalue weighted by Gasteiger charge is -2.20. The molecule has 2 heterocycles. The summed E-state index contributed by atoms with van der Waals surface area (Å²) in [6, 6.07) is 53.4. The highest BCUT2D eigenvalue weighted by molar-refractivity contribution is 6.18. The molecular formula is C46H26N4O2. The van der Waals surface area contributed by atoms with Crippen LogP contribution in [0.1, 0.15) is 43.0 Å². The Kier molecular flexibility index (Phi) is 7.10. The number of carbonyl (C=O) groups excluding carboxylic acids is 2. The average molecular weight is 667 g/mol. The molecule has 0 N–H and O–H groups in total. The van der Waals surface area contributed by atoms with Crippen molar-refractivity contribution in [1.82, 2.24) is 9.13 Å². The van der Waals surface area contributed by atoms with E-state index >= 15 is 0 Å². The van der Waals surface area contributed by atoms with Gasteiger partial charge in [0.25, 0.3) is 0 Å². The molecular weight excluding hydrogens is 641 g/mol. The molecule has 242 valence electrons. The highest BCUT2D eigenvalue weighted by atomic mass is 16.1. The van der Waals surface area contributed by atoms with Crippen LogP contribution < -0.4 is 0 Å². The zero-order valence-corrected chi connectivity index (χ0v) is 27.6. The molecule has 0 amide bonds. The number of hydrogen-bond acceptors (Lipinski definition) is 4. The van der Waals surface area contributed by atoms with Crippen LogP contribution in [0.4, 0.5) is 0 Å². The van der Waals surface area contributed by atoms with Gasteiger partial charge in [-0.2, -0.15) is 10.5 Å². The lowest BCUT2D eigenvalue weighted by atomic mass is 9.93. The Labute approximate surface area is 298 Å². The molecule has 0 aliphatic rings. The predicted octanol–water partition coefficient (Wildman–Crippen LogP) is 10.1. The zero-order chi connectivity index (χ0) is 35.3. The van der Waals surface area contributed by atoms with E-state index in [0.29, 0.717) is 44.8 Å². The van der Waals surface area contributed by atoms with E-state index in [1.165, 1.54) is 0 Å². The van der Waals surface area contributed by atoms with Gasteiger partial charge in [0.1, 0.15) is 0 Å². The average Bonchev–Trinajstić information content (AvgIpc) is 3.73. The maximum Gasteiger partial charge on any atom is 0.195 e. The first-order valence-electron chi connectivity index (χ1n) is 16.8. The summed E-state index contributed by atoms with van der Waals surface area (Å²) < 4.78 is 4.12. The topological polar surface area (TPSA) is 91.6 Å². The third-order valence-corrected chi connectivity index (χ3v) is 9.80. The van der Waals surface area contributed by atoms with E-state index in [1.807, 2.05) is 84.9 Å². The first kappa shape index (κ1) is 30.5. The predicted molar refractivity (Wildman–Crippen MR) is 204 cm³/mol. The van der Waals surface area contributed by atoms with E-state index in [4.69, 9.17) is 0 Å². The van der Waals surface area contributed by atoms with E-state index in [2.05, 4.69) is 45.5 Å². The van der Waals surface area contributed by atoms with Crippen LogP contribution in [-0.2, 0) is 0 Å². The number of para-hydroxylation sites is 4. The first-order chi connectivity index (χ1) is 25.6. The SMILES string of the molecule is N#Cc1ccc(C(=O)c2cc(-n3c4ccccc4c4ccccc43)c(C(=O)c3ccc(C#N)cc3)cc2-n2c3ccccc3c3ccccc32)cc1. The molecule has 0 spiro atoms. The molecule has 9 rings (SSSR count). The van der Waals surface area contributed by atoms with Crippen LogP contribution in [0.15, 0.2) is 158 Å². The summed E-state index contributed by atoms with van der Waals surface area (Å²) >= 11 is 0. The van der Waals surface area contributed by atoms with Crippen molar-refractivity contribution in [3.8, 4) is 23.5 Å². The molecule has 0 unspecified atom stereocenters. The van der Waals surface area contributed by atoms with Crippen molar-refractivity contribution in [1.29, 1.82) is 10.5 Å². The van der Waals surface area contributed by atoms with Gasteiger partial charge in [0.2, 0.25) is 0 Å². The van der Waals surface area contributed by atoms with Crippen LogP contribution in [-0.4, -0.2) is 20.7 Å². The van der Waals surface area contributed by atoms with Gasteiger partial charge in [-0.1, -0.05) is 72.8 Å². The molecule has 0 saturated heterocycles. The Hall–Kier alpha value is -7.54. The largest absolute Gasteiger partial charge is 0.308 e. The van der Waals surface area contributed by atoms with Gasteiger partial charge in [-0.15, -0.1) is 0 Å². The van der Waals surface area contributed by atoms with Crippen LogP contribution in [0.2, 0.25) is 0 Å². The Bertz CT molecular complexity index is 2690. The van der Waals surface area contributed by atoms with E-state index in [1.54, 1.807) is 48.5 Å². The second-order valence-electron chi connectivity index (χ2n) is 12.7. The van der Waals surface area contributed by atoms with Crippen LogP contribution in [0, 0.1) is 22.7 Å². The normalized spacial score (nSPS) is 11.2. The van der Waals surface area contributed by atoms with Gasteiger partial charge in [-0.25, -0.2) is 0 Å². The molecule has 0 saturated carbocycles. The molecule has 6 nitrogen and oxygen atoms in total. The standard InChI is InChI=1S/C46H26N4O2/c47-27-29-17-21-31(22-18-29)45(51)37-26-44(50-41-15-7-3-11-35(41)36-12-4-8-16-42(36)50)38(46(52)32-23-19-30(28-48)20-24-32)25-43(37)49-39-13-5-1-9-33(39)34-10-2-6-14-40(34)49/h1-26H. The molecule has 0 aliphatic carbocycles. The highest BCUT2D eigenvalue weighted by Crippen LogP contribution is 2.39. The Morgan fingerprint density at radius 2 is 0.692 bits per heavy atom. The fraction of sp³-hybridized carbons (Fsp3) is 0. The van der Waals surface area contributed by atoms with Crippen molar-refractivity contribution >= 4 is 55.2 Å². The Morgan fingerprint density at radius 3 is 0.981 bits per heavy atom. The minimum atomic E-state index is -0.249. The minimum Gasteiger partial charge on any atom is -0.308 e. The second-order valence-corrected chi connectivity index (χ2v) is 12.7. The van der Waals surface area contributed by atoms with Crippen LogP contribution in [0.3, 0.4) is 0 Å². The van der Waals surface area contributed by atoms with Gasteiger partial charge in [0, 0.05) is 43.8 Å². The van der Waals surface area contributed by atoms with Crippen molar-refractivity contribution in [3.05, 3.63) is 191 Å². The Morgan fingerprint density at radius 1 is 0.404 bits per heavy atom. The van der Waals surface area contributed by atoms with Gasteiger partial charge in [0.05, 0.1) is 56.7 Å². The van der Waals surface area contributed by atoms with E-state index < -0.39 is 0 Å². The second kappa shape index (κ2) is 12.1. The fourth-order valence-corrected chi connectivity index (χ4v) is 7.38. The molecule has 9 aromatic rings. The molecule has 7 aromatic carbocycles. The number of nitrogens with zero attached hydrogens (tertiary/aromatic N) is 4. The van der Waals surface area contributed by atoms with Crippen molar-refractivity contribution in [2.75, 3.05) is 0 Å². The summed E-state index contributed by atoms with van der Waals surface area (Å²) in [5.41, 5.74) is 7.18. The molecule has 2 aromatic heterocycles. The monoisotopic (exact) mass is 666 g/mol. The highest BCUT2D eigenvalue weighted by Gasteiger charge is 2.27. The van der Waals surface area contributed by atoms with Crippen molar-refractivity contribution in [3.63, 3.8) is 0 Å². The summed E-state index contributed by atoms with van der Waals surface area (Å²) in [6.07, 6.45) is 0. The molecule has 52 heavy (non-hydrogen) atoms. The summed E-state index contributed by atoms with van der Waals surface area (Å²) in [7, 11) is 0. The molecule has 0 atom stereocenters.